The fourth-order valence-corrected chi connectivity index (χ4v) is 3.01. The van der Waals surface area contributed by atoms with Gasteiger partial charge in [0.25, 0.3) is 0 Å². The molecule has 0 spiro atoms. The normalized spacial score (nSPS) is 20.6. The maximum Gasteiger partial charge on any atom is 0.0406 e. The summed E-state index contributed by atoms with van der Waals surface area (Å²) in [6, 6.07) is 9.61. The summed E-state index contributed by atoms with van der Waals surface area (Å²) in [7, 11) is 0. The lowest BCUT2D eigenvalue weighted by molar-refractivity contribution is 0.233. The van der Waals surface area contributed by atoms with Crippen molar-refractivity contribution in [1.82, 2.24) is 4.90 Å². The first kappa shape index (κ1) is 11.1. The lowest BCUT2D eigenvalue weighted by atomic mass is 10.1. The maximum absolute atomic E-state index is 3.21. The third-order valence-electron chi connectivity index (χ3n) is 4.06. The number of hydrogen-bond acceptors (Lipinski definition) is 2. The smallest absolute Gasteiger partial charge is 0.0406 e. The van der Waals surface area contributed by atoms with Gasteiger partial charge >= 0.3 is 0 Å². The number of hydrogen-bond donors (Lipinski definition) is 0. The summed E-state index contributed by atoms with van der Waals surface area (Å²) in [6.45, 7) is 6.23. The summed E-state index contributed by atoms with van der Waals surface area (Å²) in [5.41, 5.74) is 2.92. The average Bonchev–Trinajstić information content (AvgIpc) is 2.81. The fraction of sp³-hybridized carbons (Fsp3) is 0.600. The van der Waals surface area contributed by atoms with E-state index < -0.39 is 0 Å². The Morgan fingerprint density at radius 2 is 1.94 bits per heavy atom. The highest BCUT2D eigenvalue weighted by Gasteiger charge is 2.19. The largest absolute Gasteiger partial charge is 0.370 e. The number of fused-ring (bicyclic) bond motifs is 1. The van der Waals surface area contributed by atoms with E-state index in [2.05, 4.69) is 28.0 Å². The zero-order valence-corrected chi connectivity index (χ0v) is 10.5. The predicted molar refractivity (Wildman–Crippen MR) is 71.5 cm³/mol. The van der Waals surface area contributed by atoms with Gasteiger partial charge in [-0.1, -0.05) is 18.6 Å². The van der Waals surface area contributed by atoms with E-state index in [4.69, 9.17) is 0 Å². The minimum Gasteiger partial charge on any atom is -0.370 e. The molecule has 1 aromatic rings. The predicted octanol–water partition coefficient (Wildman–Crippen LogP) is 2.34. The molecule has 0 atom stereocenters. The molecule has 0 saturated carbocycles. The van der Waals surface area contributed by atoms with Crippen LogP contribution in [0, 0.1) is 6.07 Å². The first-order valence-corrected chi connectivity index (χ1v) is 6.90. The molecular formula is C15H21N2. The van der Waals surface area contributed by atoms with Gasteiger partial charge in [0.15, 0.2) is 0 Å². The Morgan fingerprint density at radius 1 is 1.06 bits per heavy atom. The molecule has 1 fully saturated rings. The van der Waals surface area contributed by atoms with Gasteiger partial charge in [0, 0.05) is 25.3 Å². The van der Waals surface area contributed by atoms with Gasteiger partial charge in [-0.05, 0) is 50.0 Å². The molecule has 0 aromatic heterocycles. The van der Waals surface area contributed by atoms with Gasteiger partial charge in [0.05, 0.1) is 0 Å². The summed E-state index contributed by atoms with van der Waals surface area (Å²) in [5, 5.41) is 0. The molecule has 0 aliphatic carbocycles. The van der Waals surface area contributed by atoms with Crippen LogP contribution in [0.15, 0.2) is 18.2 Å². The molecule has 2 aliphatic heterocycles. The molecule has 2 nitrogen and oxygen atoms in total. The minimum atomic E-state index is 1.19. The first-order valence-electron chi connectivity index (χ1n) is 6.90. The quantitative estimate of drug-likeness (QED) is 0.785. The highest BCUT2D eigenvalue weighted by atomic mass is 15.2. The number of nitrogens with zero attached hydrogens (tertiary/aromatic N) is 2. The molecule has 2 heterocycles. The Bertz CT molecular complexity index is 369. The second-order valence-electron chi connectivity index (χ2n) is 5.19. The summed E-state index contributed by atoms with van der Waals surface area (Å²) in [5.74, 6) is 0. The molecule has 1 radical (unpaired) electrons. The Labute approximate surface area is 104 Å². The minimum absolute atomic E-state index is 1.19. The second-order valence-corrected chi connectivity index (χ2v) is 5.19. The van der Waals surface area contributed by atoms with Crippen molar-refractivity contribution in [2.75, 3.05) is 37.6 Å². The molecule has 1 aromatic carbocycles. The average molecular weight is 229 g/mol. The van der Waals surface area contributed by atoms with Gasteiger partial charge in [-0.3, -0.25) is 0 Å². The van der Waals surface area contributed by atoms with E-state index in [0.717, 1.165) is 0 Å². The van der Waals surface area contributed by atoms with E-state index in [1.165, 1.54) is 69.7 Å². The Morgan fingerprint density at radius 3 is 2.82 bits per heavy atom. The van der Waals surface area contributed by atoms with Crippen molar-refractivity contribution in [3.63, 3.8) is 0 Å². The molecule has 0 unspecified atom stereocenters. The molecule has 1 saturated heterocycles. The van der Waals surface area contributed by atoms with Crippen molar-refractivity contribution in [3.05, 3.63) is 29.8 Å². The third kappa shape index (κ3) is 2.47. The lowest BCUT2D eigenvalue weighted by Gasteiger charge is -2.29. The highest BCUT2D eigenvalue weighted by molar-refractivity contribution is 5.57. The van der Waals surface area contributed by atoms with Gasteiger partial charge < -0.3 is 9.80 Å². The zero-order chi connectivity index (χ0) is 11.5. The van der Waals surface area contributed by atoms with Crippen LogP contribution >= 0.6 is 0 Å². The molecule has 0 N–H and O–H groups in total. The summed E-state index contributed by atoms with van der Waals surface area (Å²) in [6.07, 6.45) is 5.43. The number of benzene rings is 1. The Hall–Kier alpha value is -1.02. The van der Waals surface area contributed by atoms with E-state index >= 15 is 0 Å². The number of anilines is 1. The van der Waals surface area contributed by atoms with Crippen LogP contribution in [0.5, 0.6) is 0 Å². The molecule has 2 heteroatoms. The highest BCUT2D eigenvalue weighted by Crippen LogP contribution is 2.26. The molecule has 0 amide bonds. The molecule has 17 heavy (non-hydrogen) atoms. The van der Waals surface area contributed by atoms with Crippen molar-refractivity contribution in [2.45, 2.75) is 25.7 Å². The van der Waals surface area contributed by atoms with Crippen LogP contribution < -0.4 is 4.90 Å². The first-order chi connectivity index (χ1) is 8.43. The molecule has 3 rings (SSSR count). The van der Waals surface area contributed by atoms with Gasteiger partial charge in [0.1, 0.15) is 0 Å². The molecule has 91 valence electrons. The summed E-state index contributed by atoms with van der Waals surface area (Å²) in [4.78, 5) is 5.15. The Kier molecular flexibility index (Phi) is 3.32. The number of rotatable bonds is 3. The molecule has 2 aliphatic rings. The third-order valence-corrected chi connectivity index (χ3v) is 4.06. The Balaban J connectivity index is 1.56. The van der Waals surface area contributed by atoms with Gasteiger partial charge in [-0.2, -0.15) is 0 Å². The monoisotopic (exact) mass is 229 g/mol. The van der Waals surface area contributed by atoms with Gasteiger partial charge in [-0.15, -0.1) is 0 Å². The van der Waals surface area contributed by atoms with E-state index in [1.54, 1.807) is 0 Å². The van der Waals surface area contributed by atoms with E-state index in [9.17, 15) is 0 Å². The van der Waals surface area contributed by atoms with Crippen molar-refractivity contribution in [1.29, 1.82) is 0 Å². The van der Waals surface area contributed by atoms with Crippen LogP contribution in [0.1, 0.15) is 24.8 Å². The molecule has 0 bridgehead atoms. The summed E-state index contributed by atoms with van der Waals surface area (Å²) < 4.78 is 0. The SMILES string of the molecule is [c]1ccc2c(c1)N(CCN1CCCCC1)CC2. The van der Waals surface area contributed by atoms with Crippen molar-refractivity contribution in [3.8, 4) is 0 Å². The molecular weight excluding hydrogens is 208 g/mol. The van der Waals surface area contributed by atoms with Crippen LogP contribution in [0.25, 0.3) is 0 Å². The lowest BCUT2D eigenvalue weighted by Crippen LogP contribution is -2.37. The number of likely N-dealkylation sites (tertiary alicyclic amines) is 1. The topological polar surface area (TPSA) is 6.48 Å². The number of piperidine rings is 1. The standard InChI is InChI=1S/C15H21N2/c1-4-9-16(10-5-1)12-13-17-11-8-14-6-2-3-7-15(14)17/h2,6-7H,1,4-5,8-13H2. The van der Waals surface area contributed by atoms with E-state index in [0.29, 0.717) is 0 Å². The zero-order valence-electron chi connectivity index (χ0n) is 10.5. The van der Waals surface area contributed by atoms with Crippen molar-refractivity contribution < 1.29 is 0 Å². The second kappa shape index (κ2) is 5.09. The van der Waals surface area contributed by atoms with Crippen LogP contribution in [-0.4, -0.2) is 37.6 Å². The van der Waals surface area contributed by atoms with E-state index in [1.807, 2.05) is 6.07 Å². The van der Waals surface area contributed by atoms with Gasteiger partial charge in [0.2, 0.25) is 0 Å². The van der Waals surface area contributed by atoms with Crippen molar-refractivity contribution >= 4 is 5.69 Å². The summed E-state index contributed by atoms with van der Waals surface area (Å²) >= 11 is 0. The maximum atomic E-state index is 3.21. The van der Waals surface area contributed by atoms with E-state index in [-0.39, 0.29) is 0 Å². The van der Waals surface area contributed by atoms with Crippen molar-refractivity contribution in [2.24, 2.45) is 0 Å². The van der Waals surface area contributed by atoms with Gasteiger partial charge in [-0.25, -0.2) is 0 Å². The fourth-order valence-electron chi connectivity index (χ4n) is 3.01. The van der Waals surface area contributed by atoms with Crippen LogP contribution in [0.4, 0.5) is 5.69 Å². The van der Waals surface area contributed by atoms with Crippen LogP contribution in [0.2, 0.25) is 0 Å². The van der Waals surface area contributed by atoms with Crippen LogP contribution in [0.3, 0.4) is 0 Å². The van der Waals surface area contributed by atoms with Crippen LogP contribution in [-0.2, 0) is 6.42 Å².